The van der Waals surface area contributed by atoms with Crippen LogP contribution >= 0.6 is 0 Å². The fourth-order valence-electron chi connectivity index (χ4n) is 2.30. The van der Waals surface area contributed by atoms with Gasteiger partial charge in [-0.2, -0.15) is 0 Å². The SMILES string of the molecule is Bc1cccc(Nc2ncnc3ccc(NC(C)=O)cc23)c1. The Balaban J connectivity index is 2.02. The third-order valence-electron chi connectivity index (χ3n) is 3.24. The number of nitrogens with one attached hydrogen (secondary N) is 2. The molecule has 0 saturated carbocycles. The standard InChI is InChI=1S/C16H15BN4O/c1-10(22)20-13-5-6-15-14(8-13)16(19-9-18-15)21-12-4-2-3-11(17)7-12/h2-9H,17H2,1H3,(H,20,22)(H,18,19,21). The summed E-state index contributed by atoms with van der Waals surface area (Å²) in [5.41, 5.74) is 3.67. The van der Waals surface area contributed by atoms with E-state index in [0.717, 1.165) is 22.3 Å². The van der Waals surface area contributed by atoms with Gasteiger partial charge in [-0.25, -0.2) is 9.97 Å². The summed E-state index contributed by atoms with van der Waals surface area (Å²) in [5.74, 6) is 0.604. The van der Waals surface area contributed by atoms with Gasteiger partial charge >= 0.3 is 0 Å². The Labute approximate surface area is 129 Å². The molecule has 5 nitrogen and oxygen atoms in total. The number of aromatic nitrogens is 2. The Hall–Kier alpha value is -2.89. The molecule has 0 saturated heterocycles. The fraction of sp³-hybridized carbons (Fsp3) is 0.0625. The molecule has 6 heteroatoms. The third kappa shape index (κ3) is 3.06. The number of fused-ring (bicyclic) bond motifs is 1. The smallest absolute Gasteiger partial charge is 0.221 e. The van der Waals surface area contributed by atoms with Crippen LogP contribution < -0.4 is 16.1 Å². The van der Waals surface area contributed by atoms with E-state index in [1.807, 2.05) is 50.3 Å². The molecule has 0 fully saturated rings. The Morgan fingerprint density at radius 2 is 1.95 bits per heavy atom. The molecule has 3 aromatic rings. The van der Waals surface area contributed by atoms with Crippen LogP contribution in [0.2, 0.25) is 0 Å². The van der Waals surface area contributed by atoms with E-state index in [0.29, 0.717) is 5.82 Å². The number of benzene rings is 2. The number of hydrogen-bond donors (Lipinski definition) is 2. The number of hydrogen-bond acceptors (Lipinski definition) is 4. The highest BCUT2D eigenvalue weighted by Gasteiger charge is 2.06. The summed E-state index contributed by atoms with van der Waals surface area (Å²) in [7, 11) is 2.04. The van der Waals surface area contributed by atoms with Gasteiger partial charge in [0.25, 0.3) is 0 Å². The minimum absolute atomic E-state index is 0.107. The lowest BCUT2D eigenvalue weighted by Crippen LogP contribution is -2.06. The van der Waals surface area contributed by atoms with Gasteiger partial charge in [0.15, 0.2) is 0 Å². The van der Waals surface area contributed by atoms with E-state index in [1.165, 1.54) is 18.7 Å². The minimum atomic E-state index is -0.107. The average molecular weight is 290 g/mol. The molecule has 22 heavy (non-hydrogen) atoms. The molecule has 0 spiro atoms. The molecule has 0 aliphatic heterocycles. The molecule has 0 radical (unpaired) electrons. The molecule has 1 aromatic heterocycles. The summed E-state index contributed by atoms with van der Waals surface area (Å²) in [6.07, 6.45) is 1.53. The van der Waals surface area contributed by atoms with Crippen LogP contribution in [-0.4, -0.2) is 23.7 Å². The maximum absolute atomic E-state index is 11.2. The fourth-order valence-corrected chi connectivity index (χ4v) is 2.30. The zero-order chi connectivity index (χ0) is 15.5. The zero-order valence-corrected chi connectivity index (χ0v) is 12.4. The van der Waals surface area contributed by atoms with Gasteiger partial charge in [0.2, 0.25) is 5.91 Å². The first-order valence-corrected chi connectivity index (χ1v) is 6.98. The van der Waals surface area contributed by atoms with Gasteiger partial charge in [-0.1, -0.05) is 17.6 Å². The van der Waals surface area contributed by atoms with Crippen molar-refractivity contribution in [3.8, 4) is 0 Å². The lowest BCUT2D eigenvalue weighted by Gasteiger charge is -2.10. The topological polar surface area (TPSA) is 66.9 Å². The lowest BCUT2D eigenvalue weighted by atomic mass is 9.96. The minimum Gasteiger partial charge on any atom is -0.340 e. The van der Waals surface area contributed by atoms with Gasteiger partial charge in [-0.05, 0) is 30.3 Å². The molecule has 1 heterocycles. The number of carbonyl (C=O) groups is 1. The molecule has 108 valence electrons. The monoisotopic (exact) mass is 290 g/mol. The van der Waals surface area contributed by atoms with Gasteiger partial charge in [-0.3, -0.25) is 4.79 Å². The van der Waals surface area contributed by atoms with Crippen LogP contribution in [0.1, 0.15) is 6.92 Å². The molecule has 0 atom stereocenters. The molecule has 1 amide bonds. The summed E-state index contributed by atoms with van der Waals surface area (Å²) >= 11 is 0. The van der Waals surface area contributed by atoms with E-state index >= 15 is 0 Å². The second kappa shape index (κ2) is 5.85. The summed E-state index contributed by atoms with van der Waals surface area (Å²) in [6, 6.07) is 13.6. The van der Waals surface area contributed by atoms with Gasteiger partial charge < -0.3 is 10.6 Å². The molecule has 0 aliphatic carbocycles. The van der Waals surface area contributed by atoms with Crippen molar-refractivity contribution in [3.63, 3.8) is 0 Å². The third-order valence-corrected chi connectivity index (χ3v) is 3.24. The van der Waals surface area contributed by atoms with Crippen molar-refractivity contribution in [2.75, 3.05) is 10.6 Å². The van der Waals surface area contributed by atoms with Crippen LogP contribution in [0.25, 0.3) is 10.9 Å². The Kier molecular flexibility index (Phi) is 3.74. The number of amides is 1. The molecule has 0 aliphatic rings. The van der Waals surface area contributed by atoms with E-state index < -0.39 is 0 Å². The zero-order valence-electron chi connectivity index (χ0n) is 12.4. The van der Waals surface area contributed by atoms with Crippen molar-refractivity contribution in [2.45, 2.75) is 6.92 Å². The second-order valence-electron chi connectivity index (χ2n) is 5.13. The molecule has 0 unspecified atom stereocenters. The predicted octanol–water partition coefficient (Wildman–Crippen LogP) is 1.59. The van der Waals surface area contributed by atoms with E-state index in [2.05, 4.69) is 20.6 Å². The first-order chi connectivity index (χ1) is 10.6. The van der Waals surface area contributed by atoms with Crippen molar-refractivity contribution in [1.82, 2.24) is 9.97 Å². The van der Waals surface area contributed by atoms with Crippen LogP contribution in [0.15, 0.2) is 48.8 Å². The van der Waals surface area contributed by atoms with Crippen LogP contribution in [0.5, 0.6) is 0 Å². The van der Waals surface area contributed by atoms with Gasteiger partial charge in [0, 0.05) is 23.7 Å². The summed E-state index contributed by atoms with van der Waals surface area (Å²) in [6.45, 7) is 1.48. The highest BCUT2D eigenvalue weighted by Crippen LogP contribution is 2.25. The maximum atomic E-state index is 11.2. The van der Waals surface area contributed by atoms with Crippen LogP contribution in [0.4, 0.5) is 17.2 Å². The van der Waals surface area contributed by atoms with Gasteiger partial charge in [-0.15, -0.1) is 0 Å². The van der Waals surface area contributed by atoms with E-state index in [-0.39, 0.29) is 5.91 Å². The summed E-state index contributed by atoms with van der Waals surface area (Å²) in [5, 5.41) is 6.94. The van der Waals surface area contributed by atoms with Gasteiger partial charge in [0.05, 0.1) is 5.52 Å². The average Bonchev–Trinajstić information content (AvgIpc) is 2.47. The normalized spacial score (nSPS) is 10.4. The number of carbonyl (C=O) groups excluding carboxylic acids is 1. The van der Waals surface area contributed by atoms with Crippen LogP contribution in [-0.2, 0) is 4.79 Å². The Bertz CT molecular complexity index is 850. The quantitative estimate of drug-likeness (QED) is 0.719. The van der Waals surface area contributed by atoms with Crippen LogP contribution in [0.3, 0.4) is 0 Å². The Morgan fingerprint density at radius 1 is 1.09 bits per heavy atom. The van der Waals surface area contributed by atoms with E-state index in [1.54, 1.807) is 0 Å². The van der Waals surface area contributed by atoms with E-state index in [4.69, 9.17) is 0 Å². The van der Waals surface area contributed by atoms with Crippen molar-refractivity contribution in [1.29, 1.82) is 0 Å². The summed E-state index contributed by atoms with van der Waals surface area (Å²) < 4.78 is 0. The van der Waals surface area contributed by atoms with Crippen molar-refractivity contribution in [2.24, 2.45) is 0 Å². The molecule has 2 N–H and O–H groups in total. The first kappa shape index (κ1) is 14.1. The second-order valence-corrected chi connectivity index (χ2v) is 5.13. The highest BCUT2D eigenvalue weighted by molar-refractivity contribution is 6.32. The van der Waals surface area contributed by atoms with Crippen LogP contribution in [0, 0.1) is 0 Å². The number of rotatable bonds is 3. The van der Waals surface area contributed by atoms with Crippen molar-refractivity contribution in [3.05, 3.63) is 48.8 Å². The lowest BCUT2D eigenvalue weighted by molar-refractivity contribution is -0.114. The first-order valence-electron chi connectivity index (χ1n) is 6.98. The largest absolute Gasteiger partial charge is 0.340 e. The number of nitrogens with zero attached hydrogens (tertiary/aromatic N) is 2. The predicted molar refractivity (Wildman–Crippen MR) is 91.7 cm³/mol. The van der Waals surface area contributed by atoms with Crippen molar-refractivity contribution < 1.29 is 4.79 Å². The molecule has 2 aromatic carbocycles. The Morgan fingerprint density at radius 3 is 2.73 bits per heavy atom. The summed E-state index contributed by atoms with van der Waals surface area (Å²) in [4.78, 5) is 19.8. The number of anilines is 3. The molecule has 3 rings (SSSR count). The van der Waals surface area contributed by atoms with Crippen molar-refractivity contribution >= 4 is 47.3 Å². The highest BCUT2D eigenvalue weighted by atomic mass is 16.1. The molecular formula is C16H15BN4O. The van der Waals surface area contributed by atoms with Gasteiger partial charge in [0.1, 0.15) is 20.0 Å². The maximum Gasteiger partial charge on any atom is 0.221 e. The van der Waals surface area contributed by atoms with E-state index in [9.17, 15) is 4.79 Å². The molecule has 0 bridgehead atoms. The molecular weight excluding hydrogens is 275 g/mol.